The highest BCUT2D eigenvalue weighted by molar-refractivity contribution is 7.80. The highest BCUT2D eigenvalue weighted by Gasteiger charge is 2.24. The number of carbonyl (C=O) groups excluding carboxylic acids is 1. The standard InChI is InChI=1S/C21H17O4P/c1-25-21(24)18-13-12-15(20(22)23)14-19(18)26(16-8-4-2-5-9-16)17-10-6-3-7-11-17/h2-14H,1H3,(H,22,23). The van der Waals surface area contributed by atoms with E-state index in [0.29, 0.717) is 10.9 Å². The SMILES string of the molecule is COC(=O)c1ccc(C(=O)O)cc1P(c1ccccc1)c1ccccc1. The molecule has 0 spiro atoms. The van der Waals surface area contributed by atoms with Crippen molar-refractivity contribution in [3.63, 3.8) is 0 Å². The fraction of sp³-hybridized carbons (Fsp3) is 0.0476. The van der Waals surface area contributed by atoms with Crippen molar-refractivity contribution in [3.8, 4) is 0 Å². The fourth-order valence-electron chi connectivity index (χ4n) is 2.71. The lowest BCUT2D eigenvalue weighted by molar-refractivity contribution is 0.0600. The minimum Gasteiger partial charge on any atom is -0.478 e. The third kappa shape index (κ3) is 3.66. The van der Waals surface area contributed by atoms with Gasteiger partial charge in [-0.2, -0.15) is 0 Å². The molecule has 3 aromatic carbocycles. The summed E-state index contributed by atoms with van der Waals surface area (Å²) < 4.78 is 4.92. The van der Waals surface area contributed by atoms with Gasteiger partial charge < -0.3 is 9.84 Å². The van der Waals surface area contributed by atoms with Crippen LogP contribution in [0.15, 0.2) is 78.9 Å². The van der Waals surface area contributed by atoms with E-state index < -0.39 is 19.9 Å². The smallest absolute Gasteiger partial charge is 0.338 e. The zero-order valence-corrected chi connectivity index (χ0v) is 15.0. The minimum absolute atomic E-state index is 0.145. The van der Waals surface area contributed by atoms with E-state index in [4.69, 9.17) is 4.74 Å². The first-order chi connectivity index (χ1) is 12.6. The van der Waals surface area contributed by atoms with Crippen molar-refractivity contribution in [2.75, 3.05) is 7.11 Å². The molecular formula is C21H17O4P. The van der Waals surface area contributed by atoms with Crippen LogP contribution in [0.3, 0.4) is 0 Å². The number of ether oxygens (including phenoxy) is 1. The predicted molar refractivity (Wildman–Crippen MR) is 103 cm³/mol. The van der Waals surface area contributed by atoms with Crippen LogP contribution in [-0.2, 0) is 4.74 Å². The third-order valence-corrected chi connectivity index (χ3v) is 6.40. The van der Waals surface area contributed by atoms with Crippen LogP contribution in [-0.4, -0.2) is 24.2 Å². The summed E-state index contributed by atoms with van der Waals surface area (Å²) in [7, 11) is 0.214. The van der Waals surface area contributed by atoms with E-state index >= 15 is 0 Å². The van der Waals surface area contributed by atoms with Crippen molar-refractivity contribution in [1.29, 1.82) is 0 Å². The summed E-state index contributed by atoms with van der Waals surface area (Å²) in [6.45, 7) is 0. The van der Waals surface area contributed by atoms with E-state index in [1.54, 1.807) is 6.07 Å². The zero-order chi connectivity index (χ0) is 18.5. The van der Waals surface area contributed by atoms with E-state index in [1.165, 1.54) is 19.2 Å². The Labute approximate surface area is 152 Å². The molecule has 0 atom stereocenters. The number of aromatic carboxylic acids is 1. The fourth-order valence-corrected chi connectivity index (χ4v) is 5.18. The first kappa shape index (κ1) is 17.8. The number of carboxylic acids is 1. The maximum atomic E-state index is 12.3. The van der Waals surface area contributed by atoms with Crippen molar-refractivity contribution in [2.45, 2.75) is 0 Å². The summed E-state index contributed by atoms with van der Waals surface area (Å²) in [6.07, 6.45) is 0. The lowest BCUT2D eigenvalue weighted by atomic mass is 10.1. The molecule has 0 amide bonds. The summed E-state index contributed by atoms with van der Waals surface area (Å²) in [5, 5.41) is 12.1. The van der Waals surface area contributed by atoms with E-state index in [2.05, 4.69) is 0 Å². The molecule has 5 heteroatoms. The van der Waals surface area contributed by atoms with Crippen LogP contribution in [0, 0.1) is 0 Å². The number of benzene rings is 3. The van der Waals surface area contributed by atoms with Gasteiger partial charge in [-0.3, -0.25) is 0 Å². The number of carboxylic acid groups (broad SMARTS) is 1. The Bertz CT molecular complexity index is 884. The van der Waals surface area contributed by atoms with Crippen molar-refractivity contribution in [3.05, 3.63) is 90.0 Å². The van der Waals surface area contributed by atoms with Crippen LogP contribution >= 0.6 is 7.92 Å². The van der Waals surface area contributed by atoms with Gasteiger partial charge >= 0.3 is 11.9 Å². The Balaban J connectivity index is 2.28. The number of rotatable bonds is 5. The number of carbonyl (C=O) groups is 2. The number of hydrogen-bond acceptors (Lipinski definition) is 3. The van der Waals surface area contributed by atoms with E-state index in [1.807, 2.05) is 60.7 Å². The second-order valence-corrected chi connectivity index (χ2v) is 7.72. The van der Waals surface area contributed by atoms with Gasteiger partial charge in [-0.25, -0.2) is 9.59 Å². The van der Waals surface area contributed by atoms with E-state index in [9.17, 15) is 14.7 Å². The molecule has 0 aliphatic carbocycles. The quantitative estimate of drug-likeness (QED) is 0.559. The Morgan fingerprint density at radius 3 is 1.85 bits per heavy atom. The average molecular weight is 364 g/mol. The molecule has 0 aromatic heterocycles. The second kappa shape index (κ2) is 7.94. The molecule has 0 saturated carbocycles. The largest absolute Gasteiger partial charge is 0.478 e. The number of methoxy groups -OCH3 is 1. The molecule has 0 heterocycles. The van der Waals surface area contributed by atoms with Crippen LogP contribution in [0.25, 0.3) is 0 Å². The van der Waals surface area contributed by atoms with Gasteiger partial charge in [-0.1, -0.05) is 60.7 Å². The number of esters is 1. The van der Waals surface area contributed by atoms with Gasteiger partial charge in [-0.05, 0) is 36.7 Å². The molecule has 3 aromatic rings. The van der Waals surface area contributed by atoms with Gasteiger partial charge in [0, 0.05) is 5.30 Å². The van der Waals surface area contributed by atoms with E-state index in [-0.39, 0.29) is 5.56 Å². The monoisotopic (exact) mass is 364 g/mol. The van der Waals surface area contributed by atoms with Crippen LogP contribution in [0.4, 0.5) is 0 Å². The first-order valence-electron chi connectivity index (χ1n) is 7.97. The van der Waals surface area contributed by atoms with Gasteiger partial charge in [0.1, 0.15) is 0 Å². The van der Waals surface area contributed by atoms with Gasteiger partial charge in [-0.15, -0.1) is 0 Å². The van der Waals surface area contributed by atoms with Crippen LogP contribution < -0.4 is 15.9 Å². The lowest BCUT2D eigenvalue weighted by Crippen LogP contribution is -2.26. The molecule has 0 radical (unpaired) electrons. The zero-order valence-electron chi connectivity index (χ0n) is 14.1. The third-order valence-electron chi connectivity index (χ3n) is 3.92. The van der Waals surface area contributed by atoms with Crippen molar-refractivity contribution < 1.29 is 19.4 Å². The summed E-state index contributed by atoms with van der Waals surface area (Å²) in [4.78, 5) is 23.8. The first-order valence-corrected chi connectivity index (χ1v) is 9.32. The number of hydrogen-bond donors (Lipinski definition) is 1. The average Bonchev–Trinajstić information content (AvgIpc) is 2.69. The van der Waals surface area contributed by atoms with Crippen LogP contribution in [0.1, 0.15) is 20.7 Å². The van der Waals surface area contributed by atoms with Gasteiger partial charge in [0.15, 0.2) is 0 Å². The molecule has 0 saturated heterocycles. The van der Waals surface area contributed by atoms with Crippen molar-refractivity contribution >= 4 is 35.8 Å². The molecule has 26 heavy (non-hydrogen) atoms. The minimum atomic E-state index is -1.11. The van der Waals surface area contributed by atoms with Crippen LogP contribution in [0.5, 0.6) is 0 Å². The van der Waals surface area contributed by atoms with Crippen molar-refractivity contribution in [2.24, 2.45) is 0 Å². The highest BCUT2D eigenvalue weighted by Crippen LogP contribution is 2.34. The maximum absolute atomic E-state index is 12.3. The van der Waals surface area contributed by atoms with Gasteiger partial charge in [0.25, 0.3) is 0 Å². The summed E-state index contributed by atoms with van der Waals surface area (Å²) in [5.74, 6) is -1.50. The normalized spacial score (nSPS) is 10.5. The molecule has 0 aliphatic heterocycles. The molecule has 0 aliphatic rings. The summed E-state index contributed by atoms with van der Waals surface area (Å²) >= 11 is 0. The molecule has 4 nitrogen and oxygen atoms in total. The molecule has 3 rings (SSSR count). The Kier molecular flexibility index (Phi) is 5.45. The Morgan fingerprint density at radius 1 is 0.846 bits per heavy atom. The molecule has 1 N–H and O–H groups in total. The molecular weight excluding hydrogens is 347 g/mol. The molecule has 0 unspecified atom stereocenters. The van der Waals surface area contributed by atoms with Gasteiger partial charge in [0.05, 0.1) is 18.2 Å². The molecule has 0 fully saturated rings. The molecule has 0 bridgehead atoms. The predicted octanol–water partition coefficient (Wildman–Crippen LogP) is 2.93. The van der Waals surface area contributed by atoms with Crippen molar-refractivity contribution in [1.82, 2.24) is 0 Å². The summed E-state index contributed by atoms with van der Waals surface area (Å²) in [6, 6.07) is 24.1. The van der Waals surface area contributed by atoms with E-state index in [0.717, 1.165) is 10.6 Å². The van der Waals surface area contributed by atoms with Crippen LogP contribution in [0.2, 0.25) is 0 Å². The second-order valence-electron chi connectivity index (χ2n) is 5.54. The Hall–Kier alpha value is -2.97. The lowest BCUT2D eigenvalue weighted by Gasteiger charge is -2.22. The topological polar surface area (TPSA) is 63.6 Å². The maximum Gasteiger partial charge on any atom is 0.338 e. The highest BCUT2D eigenvalue weighted by atomic mass is 31.1. The van der Waals surface area contributed by atoms with Gasteiger partial charge in [0.2, 0.25) is 0 Å². The molecule has 130 valence electrons. The summed E-state index contributed by atoms with van der Waals surface area (Å²) in [5.41, 5.74) is 0.531. The Morgan fingerprint density at radius 2 is 1.38 bits per heavy atom.